The van der Waals surface area contributed by atoms with Crippen LogP contribution in [0.1, 0.15) is 5.56 Å². The molecule has 0 saturated carbocycles. The van der Waals surface area contributed by atoms with Crippen molar-refractivity contribution in [2.24, 2.45) is 5.73 Å². The van der Waals surface area contributed by atoms with Crippen molar-refractivity contribution in [3.8, 4) is 0 Å². The lowest BCUT2D eigenvalue weighted by Crippen LogP contribution is -2.30. The normalized spacial score (nSPS) is 10.7. The number of primary amides is 1. The summed E-state index contributed by atoms with van der Waals surface area (Å²) in [5.41, 5.74) is 5.17. The summed E-state index contributed by atoms with van der Waals surface area (Å²) >= 11 is 0. The predicted molar refractivity (Wildman–Crippen MR) is 51.9 cm³/mol. The summed E-state index contributed by atoms with van der Waals surface area (Å²) in [7, 11) is 1.61. The quantitative estimate of drug-likeness (QED) is 0.808. The van der Waals surface area contributed by atoms with Gasteiger partial charge in [-0.2, -0.15) is 0 Å². The van der Waals surface area contributed by atoms with Crippen LogP contribution in [0.25, 0.3) is 0 Å². The van der Waals surface area contributed by atoms with E-state index in [9.17, 15) is 13.6 Å². The molecule has 1 aromatic rings. The van der Waals surface area contributed by atoms with Crippen molar-refractivity contribution in [3.05, 3.63) is 35.4 Å². The van der Waals surface area contributed by atoms with E-state index >= 15 is 0 Å². The third-order valence-corrected chi connectivity index (χ3v) is 1.87. The van der Waals surface area contributed by atoms with Gasteiger partial charge in [-0.05, 0) is 25.2 Å². The maximum Gasteiger partial charge on any atom is 0.231 e. The van der Waals surface area contributed by atoms with Gasteiger partial charge in [-0.1, -0.05) is 0 Å². The summed E-state index contributed by atoms with van der Waals surface area (Å²) in [4.78, 5) is 12.1. The molecule has 0 aliphatic carbocycles. The number of nitrogens with two attached hydrogens (primary N) is 1. The standard InChI is InChI=1S/C10H12F2N2O/c1-14(6-10(13)15)5-7-4-8(11)2-3-9(7)12/h2-4H,5-6H2,1H3,(H2,13,15). The van der Waals surface area contributed by atoms with Crippen LogP contribution in [0.5, 0.6) is 0 Å². The highest BCUT2D eigenvalue weighted by atomic mass is 19.1. The number of benzene rings is 1. The van der Waals surface area contributed by atoms with Crippen LogP contribution in [-0.4, -0.2) is 24.4 Å². The molecular formula is C10H12F2N2O. The molecule has 0 aliphatic rings. The Kier molecular flexibility index (Phi) is 3.74. The number of nitrogens with zero attached hydrogens (tertiary/aromatic N) is 1. The number of carbonyl (C=O) groups excluding carboxylic acids is 1. The Morgan fingerprint density at radius 1 is 1.47 bits per heavy atom. The molecule has 1 amide bonds. The Morgan fingerprint density at radius 3 is 2.73 bits per heavy atom. The Labute approximate surface area is 86.5 Å². The van der Waals surface area contributed by atoms with Gasteiger partial charge in [0.05, 0.1) is 6.54 Å². The second-order valence-corrected chi connectivity index (χ2v) is 3.37. The largest absolute Gasteiger partial charge is 0.369 e. The van der Waals surface area contributed by atoms with Gasteiger partial charge in [0.25, 0.3) is 0 Å². The Bertz CT molecular complexity index is 368. The van der Waals surface area contributed by atoms with Crippen LogP contribution in [0.4, 0.5) is 8.78 Å². The zero-order valence-electron chi connectivity index (χ0n) is 8.34. The molecular weight excluding hydrogens is 202 g/mol. The molecule has 5 heteroatoms. The first kappa shape index (κ1) is 11.6. The Balaban J connectivity index is 2.71. The van der Waals surface area contributed by atoms with Crippen molar-refractivity contribution in [1.82, 2.24) is 4.90 Å². The van der Waals surface area contributed by atoms with Gasteiger partial charge in [0.15, 0.2) is 0 Å². The van der Waals surface area contributed by atoms with Crippen LogP contribution >= 0.6 is 0 Å². The summed E-state index contributed by atoms with van der Waals surface area (Å²) in [5.74, 6) is -1.50. The highest BCUT2D eigenvalue weighted by molar-refractivity contribution is 5.75. The average molecular weight is 214 g/mol. The average Bonchev–Trinajstić information content (AvgIpc) is 2.10. The van der Waals surface area contributed by atoms with Gasteiger partial charge in [0, 0.05) is 12.1 Å². The van der Waals surface area contributed by atoms with Crippen molar-refractivity contribution < 1.29 is 13.6 Å². The minimum absolute atomic E-state index is 0.00987. The van der Waals surface area contributed by atoms with Crippen molar-refractivity contribution in [1.29, 1.82) is 0 Å². The molecule has 0 unspecified atom stereocenters. The van der Waals surface area contributed by atoms with E-state index in [-0.39, 0.29) is 18.7 Å². The molecule has 0 radical (unpaired) electrons. The summed E-state index contributed by atoms with van der Waals surface area (Å²) < 4.78 is 25.9. The number of carbonyl (C=O) groups is 1. The first-order chi connectivity index (χ1) is 6.99. The Morgan fingerprint density at radius 2 is 2.13 bits per heavy atom. The molecule has 0 heterocycles. The molecule has 1 aromatic carbocycles. The number of rotatable bonds is 4. The van der Waals surface area contributed by atoms with Gasteiger partial charge in [-0.25, -0.2) is 8.78 Å². The second kappa shape index (κ2) is 4.84. The predicted octanol–water partition coefficient (Wildman–Crippen LogP) is 0.882. The molecule has 3 nitrogen and oxygen atoms in total. The summed E-state index contributed by atoms with van der Waals surface area (Å²) in [6.45, 7) is 0.155. The molecule has 0 fully saturated rings. The van der Waals surface area contributed by atoms with E-state index in [0.29, 0.717) is 0 Å². The number of hydrogen-bond donors (Lipinski definition) is 1. The van der Waals surface area contributed by atoms with Gasteiger partial charge in [0.1, 0.15) is 11.6 Å². The van der Waals surface area contributed by atoms with E-state index in [0.717, 1.165) is 18.2 Å². The van der Waals surface area contributed by atoms with Gasteiger partial charge in [0.2, 0.25) is 5.91 Å². The number of amides is 1. The molecule has 82 valence electrons. The van der Waals surface area contributed by atoms with Gasteiger partial charge in [-0.15, -0.1) is 0 Å². The number of hydrogen-bond acceptors (Lipinski definition) is 2. The molecule has 0 atom stereocenters. The SMILES string of the molecule is CN(CC(N)=O)Cc1cc(F)ccc1F. The van der Waals surface area contributed by atoms with Crippen LogP contribution in [0.3, 0.4) is 0 Å². The monoisotopic (exact) mass is 214 g/mol. The summed E-state index contributed by atoms with van der Waals surface area (Å²) in [6.07, 6.45) is 0. The maximum atomic E-state index is 13.2. The first-order valence-corrected chi connectivity index (χ1v) is 4.40. The summed E-state index contributed by atoms with van der Waals surface area (Å²) in [6, 6.07) is 3.21. The van der Waals surface area contributed by atoms with Crippen molar-refractivity contribution in [2.45, 2.75) is 6.54 Å². The van der Waals surface area contributed by atoms with Crippen LogP contribution in [0, 0.1) is 11.6 Å². The fourth-order valence-corrected chi connectivity index (χ4v) is 1.28. The van der Waals surface area contributed by atoms with E-state index in [4.69, 9.17) is 5.73 Å². The van der Waals surface area contributed by atoms with Crippen molar-refractivity contribution in [2.75, 3.05) is 13.6 Å². The molecule has 0 aliphatic heterocycles. The minimum atomic E-state index is -0.505. The van der Waals surface area contributed by atoms with Gasteiger partial charge < -0.3 is 5.73 Å². The van der Waals surface area contributed by atoms with Crippen LogP contribution in [0.15, 0.2) is 18.2 Å². The number of likely N-dealkylation sites (N-methyl/N-ethyl adjacent to an activating group) is 1. The highest BCUT2D eigenvalue weighted by Crippen LogP contribution is 2.11. The zero-order chi connectivity index (χ0) is 11.4. The molecule has 2 N–H and O–H groups in total. The topological polar surface area (TPSA) is 46.3 Å². The van der Waals surface area contributed by atoms with Crippen molar-refractivity contribution >= 4 is 5.91 Å². The Hall–Kier alpha value is -1.49. The molecule has 15 heavy (non-hydrogen) atoms. The maximum absolute atomic E-state index is 13.2. The van der Waals surface area contributed by atoms with Crippen molar-refractivity contribution in [3.63, 3.8) is 0 Å². The lowest BCUT2D eigenvalue weighted by atomic mass is 10.2. The van der Waals surface area contributed by atoms with Crippen LogP contribution in [0.2, 0.25) is 0 Å². The zero-order valence-corrected chi connectivity index (χ0v) is 8.34. The molecule has 0 aromatic heterocycles. The third-order valence-electron chi connectivity index (χ3n) is 1.87. The first-order valence-electron chi connectivity index (χ1n) is 4.40. The fraction of sp³-hybridized carbons (Fsp3) is 0.300. The smallest absolute Gasteiger partial charge is 0.231 e. The highest BCUT2D eigenvalue weighted by Gasteiger charge is 2.08. The van der Waals surface area contributed by atoms with E-state index in [1.807, 2.05) is 0 Å². The molecule has 0 spiro atoms. The van der Waals surface area contributed by atoms with Crippen LogP contribution in [-0.2, 0) is 11.3 Å². The lowest BCUT2D eigenvalue weighted by molar-refractivity contribution is -0.118. The molecule has 0 bridgehead atoms. The minimum Gasteiger partial charge on any atom is -0.369 e. The second-order valence-electron chi connectivity index (χ2n) is 3.37. The van der Waals surface area contributed by atoms with Gasteiger partial charge in [-0.3, -0.25) is 9.69 Å². The van der Waals surface area contributed by atoms with E-state index in [1.54, 1.807) is 7.05 Å². The van der Waals surface area contributed by atoms with Gasteiger partial charge >= 0.3 is 0 Å². The van der Waals surface area contributed by atoms with Crippen LogP contribution < -0.4 is 5.73 Å². The van der Waals surface area contributed by atoms with E-state index in [1.165, 1.54) is 4.90 Å². The van der Waals surface area contributed by atoms with E-state index in [2.05, 4.69) is 0 Å². The molecule has 1 rings (SSSR count). The third kappa shape index (κ3) is 3.63. The number of halogens is 2. The fourth-order valence-electron chi connectivity index (χ4n) is 1.28. The van der Waals surface area contributed by atoms with E-state index < -0.39 is 17.5 Å². The lowest BCUT2D eigenvalue weighted by Gasteiger charge is -2.14. The molecule has 0 saturated heterocycles. The summed E-state index contributed by atoms with van der Waals surface area (Å²) in [5, 5.41) is 0.